The lowest BCUT2D eigenvalue weighted by molar-refractivity contribution is -0.121. The molecule has 7 nitrogen and oxygen atoms in total. The Morgan fingerprint density at radius 1 is 1.36 bits per heavy atom. The molecule has 0 bridgehead atoms. The second kappa shape index (κ2) is 6.63. The summed E-state index contributed by atoms with van der Waals surface area (Å²) in [6.45, 7) is 4.72. The van der Waals surface area contributed by atoms with Crippen LogP contribution in [0.25, 0.3) is 0 Å². The van der Waals surface area contributed by atoms with Crippen LogP contribution in [0.15, 0.2) is 16.8 Å². The van der Waals surface area contributed by atoms with Crippen molar-refractivity contribution in [3.63, 3.8) is 0 Å². The van der Waals surface area contributed by atoms with E-state index in [0.717, 1.165) is 42.7 Å². The topological polar surface area (TPSA) is 82.2 Å². The van der Waals surface area contributed by atoms with E-state index in [1.54, 1.807) is 6.20 Å². The van der Waals surface area contributed by atoms with Gasteiger partial charge in [-0.3, -0.25) is 9.48 Å². The molecule has 1 aliphatic carbocycles. The first-order chi connectivity index (χ1) is 12.1. The SMILES string of the molecule is CC(C)n1nccc1[C@@H]1OCC[C@H]1C(=O)Nc1noc2c1CCCC2. The van der Waals surface area contributed by atoms with Gasteiger partial charge in [0.25, 0.3) is 0 Å². The van der Waals surface area contributed by atoms with Crippen LogP contribution in [-0.4, -0.2) is 27.5 Å². The van der Waals surface area contributed by atoms with E-state index in [-0.39, 0.29) is 24.0 Å². The zero-order valence-corrected chi connectivity index (χ0v) is 14.7. The van der Waals surface area contributed by atoms with Crippen molar-refractivity contribution in [3.05, 3.63) is 29.3 Å². The molecule has 4 rings (SSSR count). The first-order valence-corrected chi connectivity index (χ1v) is 9.08. The van der Waals surface area contributed by atoms with Crippen LogP contribution in [0.5, 0.6) is 0 Å². The van der Waals surface area contributed by atoms with Gasteiger partial charge in [0.15, 0.2) is 5.82 Å². The number of rotatable bonds is 4. The molecule has 1 saturated heterocycles. The minimum Gasteiger partial charge on any atom is -0.371 e. The lowest BCUT2D eigenvalue weighted by Crippen LogP contribution is -2.27. The molecule has 2 atom stereocenters. The summed E-state index contributed by atoms with van der Waals surface area (Å²) in [6.07, 6.45) is 6.24. The predicted molar refractivity (Wildman–Crippen MR) is 91.2 cm³/mol. The summed E-state index contributed by atoms with van der Waals surface area (Å²) in [7, 11) is 0. The summed E-state index contributed by atoms with van der Waals surface area (Å²) >= 11 is 0. The fraction of sp³-hybridized carbons (Fsp3) is 0.611. The quantitative estimate of drug-likeness (QED) is 0.922. The van der Waals surface area contributed by atoms with E-state index in [9.17, 15) is 4.79 Å². The van der Waals surface area contributed by atoms with Crippen LogP contribution >= 0.6 is 0 Å². The predicted octanol–water partition coefficient (Wildman–Crippen LogP) is 3.05. The summed E-state index contributed by atoms with van der Waals surface area (Å²) in [5.41, 5.74) is 2.01. The molecule has 0 spiro atoms. The lowest BCUT2D eigenvalue weighted by Gasteiger charge is -2.21. The molecule has 1 fully saturated rings. The Bertz CT molecular complexity index is 764. The van der Waals surface area contributed by atoms with Gasteiger partial charge in [0.1, 0.15) is 11.9 Å². The van der Waals surface area contributed by atoms with Crippen molar-refractivity contribution in [1.29, 1.82) is 0 Å². The third-order valence-corrected chi connectivity index (χ3v) is 5.10. The fourth-order valence-corrected chi connectivity index (χ4v) is 3.82. The first kappa shape index (κ1) is 16.3. The number of hydrogen-bond donors (Lipinski definition) is 1. The van der Waals surface area contributed by atoms with E-state index in [1.807, 2.05) is 10.7 Å². The maximum Gasteiger partial charge on any atom is 0.231 e. The van der Waals surface area contributed by atoms with E-state index in [4.69, 9.17) is 9.26 Å². The van der Waals surface area contributed by atoms with E-state index in [0.29, 0.717) is 18.8 Å². The van der Waals surface area contributed by atoms with Crippen molar-refractivity contribution < 1.29 is 14.1 Å². The summed E-state index contributed by atoms with van der Waals surface area (Å²) in [4.78, 5) is 12.9. The third-order valence-electron chi connectivity index (χ3n) is 5.10. The van der Waals surface area contributed by atoms with Gasteiger partial charge < -0.3 is 14.6 Å². The molecule has 1 aliphatic heterocycles. The Hall–Kier alpha value is -2.15. The van der Waals surface area contributed by atoms with Crippen LogP contribution in [-0.2, 0) is 22.4 Å². The van der Waals surface area contributed by atoms with Gasteiger partial charge in [0.2, 0.25) is 5.91 Å². The van der Waals surface area contributed by atoms with Gasteiger partial charge in [-0.15, -0.1) is 0 Å². The van der Waals surface area contributed by atoms with Crippen LogP contribution in [0.4, 0.5) is 5.82 Å². The zero-order chi connectivity index (χ0) is 17.4. The molecule has 0 unspecified atom stereocenters. The number of aromatic nitrogens is 3. The van der Waals surface area contributed by atoms with Crippen molar-refractivity contribution in [2.45, 2.75) is 58.1 Å². The van der Waals surface area contributed by atoms with Gasteiger partial charge in [-0.2, -0.15) is 5.10 Å². The number of amides is 1. The molecule has 134 valence electrons. The Labute approximate surface area is 146 Å². The average Bonchev–Trinajstić information content (AvgIpc) is 3.33. The molecule has 1 amide bonds. The Morgan fingerprint density at radius 2 is 2.20 bits per heavy atom. The van der Waals surface area contributed by atoms with Gasteiger partial charge in [-0.05, 0) is 45.6 Å². The van der Waals surface area contributed by atoms with E-state index >= 15 is 0 Å². The highest BCUT2D eigenvalue weighted by Gasteiger charge is 2.38. The summed E-state index contributed by atoms with van der Waals surface area (Å²) in [5.74, 6) is 1.20. The zero-order valence-electron chi connectivity index (χ0n) is 14.7. The molecule has 25 heavy (non-hydrogen) atoms. The molecule has 1 N–H and O–H groups in total. The van der Waals surface area contributed by atoms with Gasteiger partial charge in [0, 0.05) is 30.8 Å². The van der Waals surface area contributed by atoms with Gasteiger partial charge in [-0.1, -0.05) is 5.16 Å². The normalized spacial score (nSPS) is 23.0. The lowest BCUT2D eigenvalue weighted by atomic mass is 9.96. The Balaban J connectivity index is 1.53. The molecule has 2 aromatic heterocycles. The molecule has 3 heterocycles. The maximum atomic E-state index is 12.9. The molecular formula is C18H24N4O3. The van der Waals surface area contributed by atoms with Gasteiger partial charge >= 0.3 is 0 Å². The van der Waals surface area contributed by atoms with Crippen molar-refractivity contribution >= 4 is 11.7 Å². The third kappa shape index (κ3) is 2.97. The number of carbonyl (C=O) groups is 1. The molecule has 0 aromatic carbocycles. The van der Waals surface area contributed by atoms with Crippen molar-refractivity contribution in [1.82, 2.24) is 14.9 Å². The number of aryl methyl sites for hydroxylation is 1. The molecular weight excluding hydrogens is 320 g/mol. The minimum absolute atomic E-state index is 0.0549. The number of hydrogen-bond acceptors (Lipinski definition) is 5. The smallest absolute Gasteiger partial charge is 0.231 e. The van der Waals surface area contributed by atoms with E-state index in [1.165, 1.54) is 0 Å². The van der Waals surface area contributed by atoms with Crippen molar-refractivity contribution in [2.75, 3.05) is 11.9 Å². The number of nitrogens with zero attached hydrogens (tertiary/aromatic N) is 3. The van der Waals surface area contributed by atoms with Crippen LogP contribution in [0, 0.1) is 5.92 Å². The van der Waals surface area contributed by atoms with Gasteiger partial charge in [-0.25, -0.2) is 0 Å². The van der Waals surface area contributed by atoms with Crippen LogP contribution in [0.1, 0.15) is 62.3 Å². The highest BCUT2D eigenvalue weighted by atomic mass is 16.5. The molecule has 2 aliphatic rings. The molecule has 7 heteroatoms. The summed E-state index contributed by atoms with van der Waals surface area (Å²) in [5, 5.41) is 11.4. The summed E-state index contributed by atoms with van der Waals surface area (Å²) in [6, 6.07) is 2.16. The van der Waals surface area contributed by atoms with Crippen LogP contribution in [0.3, 0.4) is 0 Å². The highest BCUT2D eigenvalue weighted by molar-refractivity contribution is 5.93. The highest BCUT2D eigenvalue weighted by Crippen LogP contribution is 2.36. The average molecular weight is 344 g/mol. The number of ether oxygens (including phenoxy) is 1. The standard InChI is InChI=1S/C18H24N4O3/c1-11(2)22-14(7-9-19-22)16-13(8-10-24-16)18(23)20-17-12-5-3-4-6-15(12)25-21-17/h7,9,11,13,16H,3-6,8,10H2,1-2H3,(H,20,21,23)/t13-,16-/m1/s1. The monoisotopic (exact) mass is 344 g/mol. The van der Waals surface area contributed by atoms with E-state index < -0.39 is 0 Å². The fourth-order valence-electron chi connectivity index (χ4n) is 3.82. The number of nitrogens with one attached hydrogen (secondary N) is 1. The van der Waals surface area contributed by atoms with E-state index in [2.05, 4.69) is 29.4 Å². The Kier molecular flexibility index (Phi) is 4.33. The number of anilines is 1. The Morgan fingerprint density at radius 3 is 3.04 bits per heavy atom. The first-order valence-electron chi connectivity index (χ1n) is 9.08. The van der Waals surface area contributed by atoms with Crippen molar-refractivity contribution in [2.24, 2.45) is 5.92 Å². The molecule has 0 radical (unpaired) electrons. The van der Waals surface area contributed by atoms with Crippen LogP contribution in [0.2, 0.25) is 0 Å². The second-order valence-electron chi connectivity index (χ2n) is 7.11. The number of fused-ring (bicyclic) bond motifs is 1. The molecule has 0 saturated carbocycles. The minimum atomic E-state index is -0.271. The van der Waals surface area contributed by atoms with Crippen molar-refractivity contribution in [3.8, 4) is 0 Å². The molecule has 2 aromatic rings. The van der Waals surface area contributed by atoms with Gasteiger partial charge in [0.05, 0.1) is 11.6 Å². The second-order valence-corrected chi connectivity index (χ2v) is 7.11. The van der Waals surface area contributed by atoms with Crippen LogP contribution < -0.4 is 5.32 Å². The number of carbonyl (C=O) groups excluding carboxylic acids is 1. The summed E-state index contributed by atoms with van der Waals surface area (Å²) < 4.78 is 13.2. The maximum absolute atomic E-state index is 12.9. The largest absolute Gasteiger partial charge is 0.371 e.